The molecule has 26 heavy (non-hydrogen) atoms. The van der Waals surface area contributed by atoms with Gasteiger partial charge in [0.2, 0.25) is 10.0 Å². The summed E-state index contributed by atoms with van der Waals surface area (Å²) in [6.45, 7) is 1.45. The van der Waals surface area contributed by atoms with Gasteiger partial charge in [-0.25, -0.2) is 8.42 Å². The highest BCUT2D eigenvalue weighted by atomic mass is 35.5. The smallest absolute Gasteiger partial charge is 0.282 e. The number of sulfonamides is 1. The van der Waals surface area contributed by atoms with Gasteiger partial charge in [-0.05, 0) is 30.7 Å². The van der Waals surface area contributed by atoms with Crippen LogP contribution in [0, 0.1) is 11.3 Å². The van der Waals surface area contributed by atoms with E-state index in [4.69, 9.17) is 16.9 Å². The zero-order valence-corrected chi connectivity index (χ0v) is 15.0. The van der Waals surface area contributed by atoms with Crippen molar-refractivity contribution in [2.45, 2.75) is 19.5 Å². The second kappa shape index (κ2) is 7.51. The van der Waals surface area contributed by atoms with Crippen LogP contribution in [-0.4, -0.2) is 19.2 Å². The van der Waals surface area contributed by atoms with Gasteiger partial charge in [0.05, 0.1) is 33.3 Å². The molecule has 0 amide bonds. The molecule has 1 aromatic carbocycles. The first-order valence-electron chi connectivity index (χ1n) is 7.31. The molecule has 0 saturated heterocycles. The molecule has 138 valence electrons. The summed E-state index contributed by atoms with van der Waals surface area (Å²) in [7, 11) is -3.59. The van der Waals surface area contributed by atoms with Crippen molar-refractivity contribution in [3.63, 3.8) is 0 Å². The van der Waals surface area contributed by atoms with Gasteiger partial charge in [-0.2, -0.15) is 18.4 Å². The third-order valence-electron chi connectivity index (χ3n) is 3.47. The van der Waals surface area contributed by atoms with Crippen molar-refractivity contribution in [2.75, 3.05) is 10.5 Å². The van der Waals surface area contributed by atoms with Gasteiger partial charge >= 0.3 is 6.18 Å². The minimum Gasteiger partial charge on any atom is -0.282 e. The van der Waals surface area contributed by atoms with Crippen molar-refractivity contribution in [1.82, 2.24) is 4.98 Å². The third-order valence-corrected chi connectivity index (χ3v) is 5.08. The quantitative estimate of drug-likeness (QED) is 0.818. The average Bonchev–Trinajstić information content (AvgIpc) is 2.56. The normalized spacial score (nSPS) is 11.8. The molecular weight excluding hydrogens is 391 g/mol. The molecule has 2 rings (SSSR count). The van der Waals surface area contributed by atoms with Gasteiger partial charge in [-0.15, -0.1) is 0 Å². The molecule has 0 aliphatic heterocycles. The van der Waals surface area contributed by atoms with E-state index in [9.17, 15) is 21.6 Å². The van der Waals surface area contributed by atoms with Crippen molar-refractivity contribution < 1.29 is 21.6 Å². The number of nitrogens with one attached hydrogen (secondary N) is 1. The van der Waals surface area contributed by atoms with Crippen molar-refractivity contribution in [1.29, 1.82) is 5.26 Å². The molecule has 2 aromatic rings. The minimum atomic E-state index is -4.55. The average molecular weight is 404 g/mol. The number of nitriles is 1. The molecule has 0 fully saturated rings. The Labute approximate surface area is 153 Å². The Bertz CT molecular complexity index is 970. The molecule has 0 radical (unpaired) electrons. The maximum absolute atomic E-state index is 12.7. The largest absolute Gasteiger partial charge is 0.417 e. The second-order valence-electron chi connectivity index (χ2n) is 5.32. The van der Waals surface area contributed by atoms with E-state index in [1.165, 1.54) is 19.1 Å². The van der Waals surface area contributed by atoms with Gasteiger partial charge in [0.15, 0.2) is 0 Å². The number of anilines is 1. The van der Waals surface area contributed by atoms with Crippen LogP contribution in [0.3, 0.4) is 0 Å². The number of halogens is 4. The van der Waals surface area contributed by atoms with Crippen LogP contribution in [0.25, 0.3) is 0 Å². The van der Waals surface area contributed by atoms with Crippen LogP contribution in [0.1, 0.15) is 29.3 Å². The minimum absolute atomic E-state index is 0.0729. The van der Waals surface area contributed by atoms with E-state index in [2.05, 4.69) is 9.71 Å². The van der Waals surface area contributed by atoms with Crippen LogP contribution in [0.2, 0.25) is 5.02 Å². The monoisotopic (exact) mass is 403 g/mol. The Morgan fingerprint density at radius 2 is 2.00 bits per heavy atom. The summed E-state index contributed by atoms with van der Waals surface area (Å²) in [6.07, 6.45) is -3.79. The molecule has 5 nitrogen and oxygen atoms in total. The zero-order valence-electron chi connectivity index (χ0n) is 13.4. The van der Waals surface area contributed by atoms with E-state index in [0.29, 0.717) is 11.8 Å². The lowest BCUT2D eigenvalue weighted by Crippen LogP contribution is -2.15. The summed E-state index contributed by atoms with van der Waals surface area (Å²) in [5.74, 6) is -0.172. The number of alkyl halides is 3. The molecule has 10 heteroatoms. The van der Waals surface area contributed by atoms with E-state index in [0.717, 1.165) is 6.07 Å². The molecule has 0 spiro atoms. The summed E-state index contributed by atoms with van der Waals surface area (Å²) < 4.78 is 63.7. The second-order valence-corrected chi connectivity index (χ2v) is 7.74. The Morgan fingerprint density at radius 1 is 1.31 bits per heavy atom. The third kappa shape index (κ3) is 4.86. The molecule has 1 heterocycles. The van der Waals surface area contributed by atoms with E-state index in [-0.39, 0.29) is 34.1 Å². The topological polar surface area (TPSA) is 82.8 Å². The highest BCUT2D eigenvalue weighted by Gasteiger charge is 2.31. The predicted octanol–water partition coefficient (Wildman–Crippen LogP) is 3.98. The van der Waals surface area contributed by atoms with Gasteiger partial charge in [-0.3, -0.25) is 9.71 Å². The van der Waals surface area contributed by atoms with Crippen LogP contribution in [0.5, 0.6) is 0 Å². The predicted molar refractivity (Wildman–Crippen MR) is 91.3 cm³/mol. The highest BCUT2D eigenvalue weighted by Crippen LogP contribution is 2.31. The summed E-state index contributed by atoms with van der Waals surface area (Å²) in [5, 5.41) is 8.94. The Morgan fingerprint density at radius 3 is 2.54 bits per heavy atom. The van der Waals surface area contributed by atoms with Crippen molar-refractivity contribution >= 4 is 27.3 Å². The lowest BCUT2D eigenvalue weighted by Gasteiger charge is -2.11. The summed E-state index contributed by atoms with van der Waals surface area (Å²) in [5.41, 5.74) is -0.00440. The number of nitrogens with zero attached hydrogens (tertiary/aromatic N) is 2. The van der Waals surface area contributed by atoms with E-state index < -0.39 is 21.8 Å². The van der Waals surface area contributed by atoms with E-state index >= 15 is 0 Å². The molecule has 0 bridgehead atoms. The Balaban J connectivity index is 2.35. The van der Waals surface area contributed by atoms with Crippen LogP contribution in [-0.2, 0) is 22.6 Å². The fourth-order valence-corrected chi connectivity index (χ4v) is 2.95. The zero-order chi connectivity index (χ0) is 19.5. The van der Waals surface area contributed by atoms with Gasteiger partial charge in [0.1, 0.15) is 6.07 Å². The SMILES string of the molecule is CCS(=O)(=O)Nc1cc(Cc2ncc(C(F)(F)F)cc2Cl)ccc1C#N. The fraction of sp³-hybridized carbons (Fsp3) is 0.250. The molecule has 0 saturated carbocycles. The molecule has 0 aliphatic carbocycles. The lowest BCUT2D eigenvalue weighted by molar-refractivity contribution is -0.137. The van der Waals surface area contributed by atoms with Crippen LogP contribution < -0.4 is 4.72 Å². The highest BCUT2D eigenvalue weighted by molar-refractivity contribution is 7.92. The van der Waals surface area contributed by atoms with Crippen molar-refractivity contribution in [2.24, 2.45) is 0 Å². The van der Waals surface area contributed by atoms with Gasteiger partial charge < -0.3 is 0 Å². The van der Waals surface area contributed by atoms with Gasteiger partial charge in [0, 0.05) is 12.6 Å². The maximum Gasteiger partial charge on any atom is 0.417 e. The maximum atomic E-state index is 12.7. The van der Waals surface area contributed by atoms with Crippen LogP contribution in [0.4, 0.5) is 18.9 Å². The number of rotatable bonds is 5. The molecule has 1 aromatic heterocycles. The number of pyridine rings is 1. The Hall–Kier alpha value is -2.31. The van der Waals surface area contributed by atoms with Gasteiger partial charge in [-0.1, -0.05) is 17.7 Å². The molecule has 1 N–H and O–H groups in total. The Kier molecular flexibility index (Phi) is 5.78. The van der Waals surface area contributed by atoms with Crippen molar-refractivity contribution in [3.05, 3.63) is 57.9 Å². The molecule has 0 atom stereocenters. The lowest BCUT2D eigenvalue weighted by atomic mass is 10.1. The molecule has 0 aliphatic rings. The summed E-state index contributed by atoms with van der Waals surface area (Å²) >= 11 is 5.89. The first-order valence-corrected chi connectivity index (χ1v) is 9.34. The summed E-state index contributed by atoms with van der Waals surface area (Å²) in [6, 6.07) is 7.06. The van der Waals surface area contributed by atoms with Crippen molar-refractivity contribution in [3.8, 4) is 6.07 Å². The molecular formula is C16H13ClF3N3O2S. The number of aromatic nitrogens is 1. The fourth-order valence-electron chi connectivity index (χ4n) is 2.07. The van der Waals surface area contributed by atoms with Gasteiger partial charge in [0.25, 0.3) is 0 Å². The number of hydrogen-bond acceptors (Lipinski definition) is 4. The van der Waals surface area contributed by atoms with Crippen LogP contribution >= 0.6 is 11.6 Å². The number of hydrogen-bond donors (Lipinski definition) is 1. The summed E-state index contributed by atoms with van der Waals surface area (Å²) in [4.78, 5) is 3.75. The number of benzene rings is 1. The van der Waals surface area contributed by atoms with E-state index in [1.807, 2.05) is 6.07 Å². The molecule has 0 unspecified atom stereocenters. The standard InChI is InChI=1S/C16H13ClF3N3O2S/c1-2-26(24,25)23-14-5-10(3-4-11(14)8-21)6-15-13(17)7-12(9-22-15)16(18,19)20/h3-5,7,9,23H,2,6H2,1H3. The van der Waals surface area contributed by atoms with Crippen LogP contribution in [0.15, 0.2) is 30.5 Å². The first-order chi connectivity index (χ1) is 12.1. The first kappa shape index (κ1) is 20.0. The van der Waals surface area contributed by atoms with E-state index in [1.54, 1.807) is 6.07 Å².